The van der Waals surface area contributed by atoms with Gasteiger partial charge in [-0.25, -0.2) is 0 Å². The third-order valence-corrected chi connectivity index (χ3v) is 4.16. The second kappa shape index (κ2) is 5.20. The Balaban J connectivity index is 1.66. The number of piperidine rings is 1. The maximum absolute atomic E-state index is 5.71. The van der Waals surface area contributed by atoms with Crippen molar-refractivity contribution in [3.8, 4) is 10.8 Å². The first kappa shape index (κ1) is 11.9. The molecule has 1 saturated heterocycles. The van der Waals surface area contributed by atoms with Gasteiger partial charge in [-0.2, -0.15) is 0 Å². The highest BCUT2D eigenvalue weighted by molar-refractivity contribution is 7.13. The fourth-order valence-corrected chi connectivity index (χ4v) is 3.08. The molecule has 0 aromatic carbocycles. The largest absolute Gasteiger partial charge is 0.419 e. The number of aromatic nitrogens is 2. The first-order valence-corrected chi connectivity index (χ1v) is 7.28. The highest BCUT2D eigenvalue weighted by Gasteiger charge is 2.19. The van der Waals surface area contributed by atoms with Gasteiger partial charge in [-0.05, 0) is 36.8 Å². The van der Waals surface area contributed by atoms with Crippen molar-refractivity contribution in [2.45, 2.75) is 26.3 Å². The number of likely N-dealkylation sites (tertiary alicyclic amines) is 1. The van der Waals surface area contributed by atoms with Crippen LogP contribution in [0, 0.1) is 5.92 Å². The van der Waals surface area contributed by atoms with Crippen LogP contribution in [-0.4, -0.2) is 28.2 Å². The van der Waals surface area contributed by atoms with Gasteiger partial charge in [0, 0.05) is 6.54 Å². The van der Waals surface area contributed by atoms with E-state index in [0.717, 1.165) is 36.3 Å². The van der Waals surface area contributed by atoms with Gasteiger partial charge >= 0.3 is 0 Å². The highest BCUT2D eigenvalue weighted by atomic mass is 32.1. The quantitative estimate of drug-likeness (QED) is 0.853. The first-order valence-electron chi connectivity index (χ1n) is 6.40. The summed E-state index contributed by atoms with van der Waals surface area (Å²) in [6.07, 6.45) is 2.61. The number of hydrogen-bond donors (Lipinski definition) is 0. The molecule has 0 N–H and O–H groups in total. The van der Waals surface area contributed by atoms with Crippen LogP contribution in [0.1, 0.15) is 25.7 Å². The minimum absolute atomic E-state index is 0.644. The second-order valence-corrected chi connectivity index (χ2v) is 5.91. The molecule has 1 unspecified atom stereocenters. The van der Waals surface area contributed by atoms with Crippen molar-refractivity contribution in [3.05, 3.63) is 23.4 Å². The van der Waals surface area contributed by atoms with E-state index in [1.807, 2.05) is 17.5 Å². The number of hydrogen-bond acceptors (Lipinski definition) is 5. The minimum atomic E-state index is 0.644. The molecule has 3 heterocycles. The summed E-state index contributed by atoms with van der Waals surface area (Å²) in [5.74, 6) is 2.15. The van der Waals surface area contributed by atoms with Gasteiger partial charge in [0.2, 0.25) is 5.89 Å². The number of thiophene rings is 1. The van der Waals surface area contributed by atoms with Gasteiger partial charge < -0.3 is 4.42 Å². The van der Waals surface area contributed by atoms with Gasteiger partial charge in [0.15, 0.2) is 0 Å². The molecule has 3 rings (SSSR count). The second-order valence-electron chi connectivity index (χ2n) is 4.96. The molecular weight excluding hydrogens is 246 g/mol. The summed E-state index contributed by atoms with van der Waals surface area (Å²) in [6.45, 7) is 5.36. The van der Waals surface area contributed by atoms with Crippen LogP contribution < -0.4 is 0 Å². The molecule has 1 atom stereocenters. The van der Waals surface area contributed by atoms with E-state index in [0.29, 0.717) is 5.89 Å². The Morgan fingerprint density at radius 1 is 1.50 bits per heavy atom. The summed E-state index contributed by atoms with van der Waals surface area (Å²) >= 11 is 1.63. The zero-order valence-corrected chi connectivity index (χ0v) is 11.3. The smallest absolute Gasteiger partial charge is 0.257 e. The Kier molecular flexibility index (Phi) is 3.43. The molecule has 0 bridgehead atoms. The van der Waals surface area contributed by atoms with Gasteiger partial charge in [-0.1, -0.05) is 13.0 Å². The maximum Gasteiger partial charge on any atom is 0.257 e. The van der Waals surface area contributed by atoms with Crippen LogP contribution in [0.4, 0.5) is 0 Å². The molecule has 4 nitrogen and oxygen atoms in total. The van der Waals surface area contributed by atoms with Crippen LogP contribution in [0.3, 0.4) is 0 Å². The summed E-state index contributed by atoms with van der Waals surface area (Å²) < 4.78 is 5.71. The monoisotopic (exact) mass is 263 g/mol. The van der Waals surface area contributed by atoms with Crippen molar-refractivity contribution in [1.29, 1.82) is 0 Å². The standard InChI is InChI=1S/C13H17N3OS/c1-10-4-2-6-16(8-10)9-12-14-15-13(17-12)11-5-3-7-18-11/h3,5,7,10H,2,4,6,8-9H2,1H3. The fraction of sp³-hybridized carbons (Fsp3) is 0.538. The lowest BCUT2D eigenvalue weighted by Gasteiger charge is -2.29. The predicted octanol–water partition coefficient (Wildman–Crippen LogP) is 3.03. The van der Waals surface area contributed by atoms with Crippen molar-refractivity contribution in [3.63, 3.8) is 0 Å². The molecule has 2 aromatic rings. The van der Waals surface area contributed by atoms with Crippen molar-refractivity contribution < 1.29 is 4.42 Å². The van der Waals surface area contributed by atoms with Crippen LogP contribution in [0.15, 0.2) is 21.9 Å². The molecule has 96 valence electrons. The molecule has 0 aliphatic carbocycles. The van der Waals surface area contributed by atoms with Gasteiger partial charge in [-0.3, -0.25) is 4.90 Å². The lowest BCUT2D eigenvalue weighted by molar-refractivity contribution is 0.163. The van der Waals surface area contributed by atoms with Crippen molar-refractivity contribution in [2.75, 3.05) is 13.1 Å². The van der Waals surface area contributed by atoms with Crippen molar-refractivity contribution in [2.24, 2.45) is 5.92 Å². The van der Waals surface area contributed by atoms with Crippen molar-refractivity contribution in [1.82, 2.24) is 15.1 Å². The summed E-state index contributed by atoms with van der Waals surface area (Å²) in [7, 11) is 0. The molecule has 0 saturated carbocycles. The molecule has 0 amide bonds. The molecule has 0 radical (unpaired) electrons. The van der Waals surface area contributed by atoms with Crippen LogP contribution >= 0.6 is 11.3 Å². The molecular formula is C13H17N3OS. The summed E-state index contributed by atoms with van der Waals surface area (Å²) in [4.78, 5) is 3.45. The Labute approximate surface area is 111 Å². The average molecular weight is 263 g/mol. The van der Waals surface area contributed by atoms with Crippen LogP contribution in [0.5, 0.6) is 0 Å². The minimum Gasteiger partial charge on any atom is -0.419 e. The number of rotatable bonds is 3. The number of nitrogens with zero attached hydrogens (tertiary/aromatic N) is 3. The van der Waals surface area contributed by atoms with Gasteiger partial charge in [0.1, 0.15) is 0 Å². The van der Waals surface area contributed by atoms with Crippen LogP contribution in [-0.2, 0) is 6.54 Å². The lowest BCUT2D eigenvalue weighted by Crippen LogP contribution is -2.33. The van der Waals surface area contributed by atoms with Gasteiger partial charge in [0.05, 0.1) is 11.4 Å². The first-order chi connectivity index (χ1) is 8.81. The van der Waals surface area contributed by atoms with E-state index in [1.54, 1.807) is 11.3 Å². The maximum atomic E-state index is 5.71. The Bertz CT molecular complexity index is 494. The zero-order valence-electron chi connectivity index (χ0n) is 10.5. The summed E-state index contributed by atoms with van der Waals surface area (Å²) in [6, 6.07) is 4.00. The van der Waals surface area contributed by atoms with Gasteiger partial charge in [-0.15, -0.1) is 21.5 Å². The normalized spacial score (nSPS) is 21.3. The van der Waals surface area contributed by atoms with Gasteiger partial charge in [0.25, 0.3) is 5.89 Å². The van der Waals surface area contributed by atoms with Crippen LogP contribution in [0.2, 0.25) is 0 Å². The zero-order chi connectivity index (χ0) is 12.4. The summed E-state index contributed by atoms with van der Waals surface area (Å²) in [5, 5.41) is 10.3. The molecule has 1 aliphatic heterocycles. The van der Waals surface area contributed by atoms with E-state index in [4.69, 9.17) is 4.42 Å². The molecule has 1 fully saturated rings. The molecule has 18 heavy (non-hydrogen) atoms. The third-order valence-electron chi connectivity index (χ3n) is 3.30. The molecule has 1 aliphatic rings. The Morgan fingerprint density at radius 2 is 2.44 bits per heavy atom. The predicted molar refractivity (Wildman–Crippen MR) is 71.3 cm³/mol. The highest BCUT2D eigenvalue weighted by Crippen LogP contribution is 2.24. The van der Waals surface area contributed by atoms with Crippen molar-refractivity contribution >= 4 is 11.3 Å². The summed E-state index contributed by atoms with van der Waals surface area (Å²) in [5.41, 5.74) is 0. The lowest BCUT2D eigenvalue weighted by atomic mass is 10.0. The SMILES string of the molecule is CC1CCCN(Cc2nnc(-c3cccs3)o2)C1. The fourth-order valence-electron chi connectivity index (χ4n) is 2.44. The van der Waals surface area contributed by atoms with E-state index in [1.165, 1.54) is 12.8 Å². The topological polar surface area (TPSA) is 42.2 Å². The van der Waals surface area contributed by atoms with E-state index in [2.05, 4.69) is 22.0 Å². The average Bonchev–Trinajstić information content (AvgIpc) is 2.98. The molecule has 5 heteroatoms. The molecule has 0 spiro atoms. The van der Waals surface area contributed by atoms with E-state index < -0.39 is 0 Å². The van der Waals surface area contributed by atoms with Crippen LogP contribution in [0.25, 0.3) is 10.8 Å². The Morgan fingerprint density at radius 3 is 3.22 bits per heavy atom. The Hall–Kier alpha value is -1.20. The third kappa shape index (κ3) is 2.62. The molecule has 2 aromatic heterocycles. The van der Waals surface area contributed by atoms with E-state index in [9.17, 15) is 0 Å². The van der Waals surface area contributed by atoms with E-state index >= 15 is 0 Å². The van der Waals surface area contributed by atoms with E-state index in [-0.39, 0.29) is 0 Å².